The Hall–Kier alpha value is -3.51. The number of ether oxygens (including phenoxy) is 3. The first kappa shape index (κ1) is 25.1. The largest absolute Gasteiger partial charge is 0.494 e. The number of carbonyl (C=O) groups is 1. The third-order valence-corrected chi connectivity index (χ3v) is 5.60. The highest BCUT2D eigenvalue weighted by molar-refractivity contribution is 14.1. The number of aryl methyl sites for hydroxylation is 1. The molecule has 7 heteroatoms. The van der Waals surface area contributed by atoms with E-state index in [-0.39, 0.29) is 5.57 Å². The minimum absolute atomic E-state index is 0.0342. The van der Waals surface area contributed by atoms with Crippen LogP contribution in [-0.2, 0) is 11.4 Å². The van der Waals surface area contributed by atoms with Gasteiger partial charge in [-0.15, -0.1) is 0 Å². The molecule has 0 saturated carbocycles. The number of benzene rings is 3. The summed E-state index contributed by atoms with van der Waals surface area (Å²) in [5.41, 5.74) is 3.38. The Morgan fingerprint density at radius 1 is 1.12 bits per heavy atom. The van der Waals surface area contributed by atoms with Crippen molar-refractivity contribution in [1.82, 2.24) is 0 Å². The molecule has 1 N–H and O–H groups in total. The number of rotatable bonds is 9. The number of halogens is 1. The molecule has 0 saturated heterocycles. The lowest BCUT2D eigenvalue weighted by Crippen LogP contribution is -2.13. The molecule has 0 unspecified atom stereocenters. The van der Waals surface area contributed by atoms with Gasteiger partial charge in [-0.05, 0) is 77.9 Å². The van der Waals surface area contributed by atoms with E-state index in [1.54, 1.807) is 37.4 Å². The van der Waals surface area contributed by atoms with E-state index < -0.39 is 5.91 Å². The molecule has 0 bridgehead atoms. The van der Waals surface area contributed by atoms with Gasteiger partial charge in [-0.25, -0.2) is 0 Å². The third-order valence-electron chi connectivity index (χ3n) is 4.80. The third kappa shape index (κ3) is 6.75. The van der Waals surface area contributed by atoms with Crippen molar-refractivity contribution < 1.29 is 19.0 Å². The van der Waals surface area contributed by atoms with E-state index in [0.717, 1.165) is 14.7 Å². The number of nitrogens with zero attached hydrogens (tertiary/aromatic N) is 1. The molecule has 0 aliphatic heterocycles. The second-order valence-electron chi connectivity index (χ2n) is 7.40. The van der Waals surface area contributed by atoms with Crippen LogP contribution in [0.5, 0.6) is 17.2 Å². The molecule has 3 aromatic carbocycles. The molecule has 0 radical (unpaired) electrons. The van der Waals surface area contributed by atoms with Gasteiger partial charge < -0.3 is 19.5 Å². The quantitative estimate of drug-likeness (QED) is 0.191. The molecular formula is C27H25IN2O4. The zero-order chi connectivity index (χ0) is 24.5. The van der Waals surface area contributed by atoms with Crippen molar-refractivity contribution >= 4 is 40.3 Å². The summed E-state index contributed by atoms with van der Waals surface area (Å²) < 4.78 is 17.8. The zero-order valence-electron chi connectivity index (χ0n) is 19.2. The van der Waals surface area contributed by atoms with Crippen LogP contribution in [-0.4, -0.2) is 19.6 Å². The Morgan fingerprint density at radius 3 is 2.62 bits per heavy atom. The summed E-state index contributed by atoms with van der Waals surface area (Å²) in [6, 6.07) is 20.7. The average molecular weight is 568 g/mol. The van der Waals surface area contributed by atoms with Gasteiger partial charge in [0, 0.05) is 11.8 Å². The van der Waals surface area contributed by atoms with Crippen molar-refractivity contribution in [3.05, 3.63) is 86.5 Å². The Morgan fingerprint density at radius 2 is 1.91 bits per heavy atom. The average Bonchev–Trinajstić information content (AvgIpc) is 2.82. The summed E-state index contributed by atoms with van der Waals surface area (Å²) in [4.78, 5) is 12.7. The summed E-state index contributed by atoms with van der Waals surface area (Å²) in [6.45, 7) is 4.84. The number of nitrogens with one attached hydrogen (secondary N) is 1. The maximum atomic E-state index is 12.7. The van der Waals surface area contributed by atoms with Gasteiger partial charge in [-0.1, -0.05) is 35.9 Å². The van der Waals surface area contributed by atoms with Crippen LogP contribution in [0.1, 0.15) is 23.6 Å². The van der Waals surface area contributed by atoms with Gasteiger partial charge in [0.1, 0.15) is 24.0 Å². The second kappa shape index (κ2) is 12.1. The number of hydrogen-bond acceptors (Lipinski definition) is 5. The highest BCUT2D eigenvalue weighted by atomic mass is 127. The molecule has 3 aromatic rings. The summed E-state index contributed by atoms with van der Waals surface area (Å²) >= 11 is 2.16. The van der Waals surface area contributed by atoms with E-state index in [1.807, 2.05) is 44.2 Å². The van der Waals surface area contributed by atoms with Crippen LogP contribution in [0, 0.1) is 21.8 Å². The van der Waals surface area contributed by atoms with Gasteiger partial charge in [0.25, 0.3) is 5.91 Å². The molecular weight excluding hydrogens is 543 g/mol. The molecule has 0 aliphatic rings. The fraction of sp³-hybridized carbons (Fsp3) is 0.185. The van der Waals surface area contributed by atoms with Crippen LogP contribution in [0.25, 0.3) is 6.08 Å². The molecule has 0 aliphatic carbocycles. The van der Waals surface area contributed by atoms with Gasteiger partial charge >= 0.3 is 0 Å². The minimum atomic E-state index is -0.509. The van der Waals surface area contributed by atoms with Crippen LogP contribution in [0.2, 0.25) is 0 Å². The Balaban J connectivity index is 1.80. The van der Waals surface area contributed by atoms with Crippen molar-refractivity contribution in [1.29, 1.82) is 5.26 Å². The van der Waals surface area contributed by atoms with Crippen molar-refractivity contribution in [2.45, 2.75) is 20.5 Å². The lowest BCUT2D eigenvalue weighted by atomic mass is 10.1. The van der Waals surface area contributed by atoms with Gasteiger partial charge in [-0.2, -0.15) is 5.26 Å². The molecule has 0 atom stereocenters. The lowest BCUT2D eigenvalue weighted by molar-refractivity contribution is -0.112. The number of carbonyl (C=O) groups excluding carboxylic acids is 1. The van der Waals surface area contributed by atoms with Gasteiger partial charge in [0.05, 0.1) is 17.3 Å². The Labute approximate surface area is 213 Å². The maximum Gasteiger partial charge on any atom is 0.266 e. The van der Waals surface area contributed by atoms with Crippen molar-refractivity contribution in [2.24, 2.45) is 0 Å². The molecule has 1 amide bonds. The summed E-state index contributed by atoms with van der Waals surface area (Å²) in [5.74, 6) is 1.26. The van der Waals surface area contributed by atoms with Crippen molar-refractivity contribution in [3.63, 3.8) is 0 Å². The molecule has 0 heterocycles. The molecule has 174 valence electrons. The normalized spacial score (nSPS) is 10.9. The minimum Gasteiger partial charge on any atom is -0.494 e. The van der Waals surface area contributed by atoms with Gasteiger partial charge in [0.15, 0.2) is 11.5 Å². The van der Waals surface area contributed by atoms with Gasteiger partial charge in [-0.3, -0.25) is 4.79 Å². The Bertz CT molecular complexity index is 1250. The Kier molecular flexibility index (Phi) is 8.93. The van der Waals surface area contributed by atoms with Gasteiger partial charge in [0.2, 0.25) is 0 Å². The van der Waals surface area contributed by atoms with Crippen LogP contribution >= 0.6 is 22.6 Å². The molecule has 0 spiro atoms. The topological polar surface area (TPSA) is 80.6 Å². The first-order valence-electron chi connectivity index (χ1n) is 10.7. The smallest absolute Gasteiger partial charge is 0.266 e. The highest BCUT2D eigenvalue weighted by Crippen LogP contribution is 2.35. The number of amides is 1. The van der Waals surface area contributed by atoms with E-state index in [1.165, 1.54) is 6.08 Å². The van der Waals surface area contributed by atoms with Crippen LogP contribution < -0.4 is 19.5 Å². The lowest BCUT2D eigenvalue weighted by Gasteiger charge is -2.14. The SMILES string of the molecule is CCOc1cccc(NC(=O)/C(C#N)=C\c2cc(I)c(OCc3cccc(C)c3)c(OC)c2)c1. The second-order valence-corrected chi connectivity index (χ2v) is 8.56. The number of methoxy groups -OCH3 is 1. The maximum absolute atomic E-state index is 12.7. The summed E-state index contributed by atoms with van der Waals surface area (Å²) in [7, 11) is 1.56. The standard InChI is InChI=1S/C27H25IN2O4/c1-4-33-23-10-6-9-22(15-23)30-27(31)21(16-29)12-20-13-24(28)26(25(14-20)32-3)34-17-19-8-5-7-18(2)11-19/h5-15H,4,17H2,1-3H3,(H,30,31)/b21-12-. The van der Waals surface area contributed by atoms with Crippen molar-refractivity contribution in [2.75, 3.05) is 19.0 Å². The van der Waals surface area contributed by atoms with Crippen molar-refractivity contribution in [3.8, 4) is 23.3 Å². The number of hydrogen-bond donors (Lipinski definition) is 1. The molecule has 6 nitrogen and oxygen atoms in total. The predicted octanol–water partition coefficient (Wildman–Crippen LogP) is 6.13. The first-order valence-corrected chi connectivity index (χ1v) is 11.7. The van der Waals surface area contributed by atoms with Crippen LogP contribution in [0.3, 0.4) is 0 Å². The molecule has 0 aromatic heterocycles. The van der Waals surface area contributed by atoms with E-state index in [0.29, 0.717) is 41.7 Å². The fourth-order valence-corrected chi connectivity index (χ4v) is 4.05. The monoisotopic (exact) mass is 568 g/mol. The van der Waals surface area contributed by atoms with E-state index in [4.69, 9.17) is 14.2 Å². The van der Waals surface area contributed by atoms with Crippen LogP contribution in [0.4, 0.5) is 5.69 Å². The van der Waals surface area contributed by atoms with E-state index >= 15 is 0 Å². The first-order chi connectivity index (χ1) is 16.4. The molecule has 34 heavy (non-hydrogen) atoms. The summed E-state index contributed by atoms with van der Waals surface area (Å²) in [6.07, 6.45) is 1.52. The fourth-order valence-electron chi connectivity index (χ4n) is 3.26. The number of nitriles is 1. The summed E-state index contributed by atoms with van der Waals surface area (Å²) in [5, 5.41) is 12.3. The van der Waals surface area contributed by atoms with E-state index in [9.17, 15) is 10.1 Å². The predicted molar refractivity (Wildman–Crippen MR) is 141 cm³/mol. The zero-order valence-corrected chi connectivity index (χ0v) is 21.4. The van der Waals surface area contributed by atoms with Crippen LogP contribution in [0.15, 0.2) is 66.2 Å². The molecule has 0 fully saturated rings. The molecule has 3 rings (SSSR count). The highest BCUT2D eigenvalue weighted by Gasteiger charge is 2.14. The number of anilines is 1. The van der Waals surface area contributed by atoms with E-state index in [2.05, 4.69) is 34.0 Å².